The Morgan fingerprint density at radius 2 is 1.80 bits per heavy atom. The Bertz CT molecular complexity index is 416. The summed E-state index contributed by atoms with van der Waals surface area (Å²) < 4.78 is 1.37. The van der Waals surface area contributed by atoms with Gasteiger partial charge in [0.15, 0.2) is 0 Å². The number of halogens is 1. The molecule has 0 aromatic heterocycles. The van der Waals surface area contributed by atoms with Crippen molar-refractivity contribution in [2.45, 2.75) is 6.92 Å². The van der Waals surface area contributed by atoms with Gasteiger partial charge in [-0.1, -0.05) is 17.7 Å². The van der Waals surface area contributed by atoms with E-state index in [1.165, 1.54) is 8.01 Å². The Balaban J connectivity index is 2.35. The third kappa shape index (κ3) is 1.83. The van der Waals surface area contributed by atoms with Gasteiger partial charge < -0.3 is 0 Å². The molecule has 1 aromatic rings. The summed E-state index contributed by atoms with van der Waals surface area (Å²) in [7, 11) is 0. The van der Waals surface area contributed by atoms with Crippen LogP contribution in [0.25, 0.3) is 0 Å². The molecule has 15 heavy (non-hydrogen) atoms. The molecule has 0 spiro atoms. The molecule has 0 atom stereocenters. The Morgan fingerprint density at radius 1 is 1.20 bits per heavy atom. The average Bonchev–Trinajstić information content (AvgIpc) is 2.44. The Labute approximate surface area is 101 Å². The highest BCUT2D eigenvalue weighted by Crippen LogP contribution is 2.23. The summed E-state index contributed by atoms with van der Waals surface area (Å²) in [6, 6.07) is 7.05. The van der Waals surface area contributed by atoms with Crippen molar-refractivity contribution >= 4 is 40.5 Å². The van der Waals surface area contributed by atoms with Gasteiger partial charge in [-0.05, 0) is 19.1 Å². The highest BCUT2D eigenvalue weighted by molar-refractivity contribution is 14.1. The molecular formula is C10H9IN2O2. The third-order valence-corrected chi connectivity index (χ3v) is 2.97. The number of urea groups is 1. The van der Waals surface area contributed by atoms with E-state index in [-0.39, 0.29) is 18.5 Å². The summed E-state index contributed by atoms with van der Waals surface area (Å²) in [5.74, 6) is -0.182. The van der Waals surface area contributed by atoms with Gasteiger partial charge in [0.2, 0.25) is 0 Å². The predicted octanol–water partition coefficient (Wildman–Crippen LogP) is 2.11. The first-order chi connectivity index (χ1) is 7.09. The maximum atomic E-state index is 11.6. The number of carbonyl (C=O) groups excluding carboxylic acids is 2. The van der Waals surface area contributed by atoms with Gasteiger partial charge in [0.1, 0.15) is 6.54 Å². The fourth-order valence-electron chi connectivity index (χ4n) is 1.42. The van der Waals surface area contributed by atoms with E-state index in [1.807, 2.05) is 41.9 Å². The third-order valence-electron chi connectivity index (χ3n) is 2.21. The number of amides is 3. The molecule has 2 rings (SSSR count). The number of imide groups is 1. The molecule has 3 amide bonds. The van der Waals surface area contributed by atoms with Crippen molar-refractivity contribution in [2.24, 2.45) is 0 Å². The van der Waals surface area contributed by atoms with Gasteiger partial charge in [0.05, 0.1) is 28.6 Å². The molecule has 1 aliphatic rings. The molecule has 1 aromatic carbocycles. The normalized spacial score (nSPS) is 16.4. The van der Waals surface area contributed by atoms with Crippen molar-refractivity contribution in [3.63, 3.8) is 0 Å². The molecule has 1 heterocycles. The molecule has 78 valence electrons. The van der Waals surface area contributed by atoms with Gasteiger partial charge in [-0.25, -0.2) is 9.69 Å². The van der Waals surface area contributed by atoms with Crippen molar-refractivity contribution in [1.82, 2.24) is 3.11 Å². The van der Waals surface area contributed by atoms with Crippen LogP contribution in [0.1, 0.15) is 5.56 Å². The highest BCUT2D eigenvalue weighted by Gasteiger charge is 2.35. The van der Waals surface area contributed by atoms with Gasteiger partial charge in [0, 0.05) is 0 Å². The van der Waals surface area contributed by atoms with Crippen LogP contribution in [0.3, 0.4) is 0 Å². The summed E-state index contributed by atoms with van der Waals surface area (Å²) in [4.78, 5) is 24.4. The topological polar surface area (TPSA) is 40.6 Å². The van der Waals surface area contributed by atoms with E-state index in [9.17, 15) is 9.59 Å². The van der Waals surface area contributed by atoms with Crippen molar-refractivity contribution in [3.8, 4) is 0 Å². The zero-order chi connectivity index (χ0) is 11.0. The van der Waals surface area contributed by atoms with Crippen LogP contribution in [0.15, 0.2) is 24.3 Å². The lowest BCUT2D eigenvalue weighted by atomic mass is 10.2. The number of anilines is 1. The lowest BCUT2D eigenvalue weighted by Crippen LogP contribution is -2.29. The van der Waals surface area contributed by atoms with E-state index in [2.05, 4.69) is 0 Å². The Morgan fingerprint density at radius 3 is 2.27 bits per heavy atom. The number of benzene rings is 1. The first-order valence-electron chi connectivity index (χ1n) is 4.46. The van der Waals surface area contributed by atoms with Gasteiger partial charge >= 0.3 is 6.03 Å². The second-order valence-electron chi connectivity index (χ2n) is 3.37. The fourth-order valence-corrected chi connectivity index (χ4v) is 1.93. The zero-order valence-electron chi connectivity index (χ0n) is 8.11. The molecule has 5 heteroatoms. The molecular weight excluding hydrogens is 307 g/mol. The number of hydrogen-bond donors (Lipinski definition) is 0. The van der Waals surface area contributed by atoms with E-state index in [0.717, 1.165) is 5.56 Å². The second-order valence-corrected chi connectivity index (χ2v) is 4.53. The van der Waals surface area contributed by atoms with Gasteiger partial charge in [-0.3, -0.25) is 7.91 Å². The SMILES string of the molecule is Cc1ccc(N2C(=O)CN(I)C2=O)cc1. The van der Waals surface area contributed by atoms with Crippen LogP contribution >= 0.6 is 22.9 Å². The van der Waals surface area contributed by atoms with Crippen molar-refractivity contribution in [1.29, 1.82) is 0 Å². The van der Waals surface area contributed by atoms with Crippen molar-refractivity contribution in [2.75, 3.05) is 11.4 Å². The maximum absolute atomic E-state index is 11.6. The van der Waals surface area contributed by atoms with Gasteiger partial charge in [0.25, 0.3) is 5.91 Å². The predicted molar refractivity (Wildman–Crippen MR) is 64.8 cm³/mol. The molecule has 0 N–H and O–H groups in total. The molecule has 0 saturated carbocycles. The minimum absolute atomic E-state index is 0.146. The monoisotopic (exact) mass is 316 g/mol. The summed E-state index contributed by atoms with van der Waals surface area (Å²) in [6.07, 6.45) is 0. The molecule has 1 fully saturated rings. The minimum atomic E-state index is -0.274. The quantitative estimate of drug-likeness (QED) is 0.452. The molecule has 0 bridgehead atoms. The smallest absolute Gasteiger partial charge is 0.272 e. The van der Waals surface area contributed by atoms with Gasteiger partial charge in [-0.2, -0.15) is 0 Å². The average molecular weight is 316 g/mol. The maximum Gasteiger partial charge on any atom is 0.340 e. The number of carbonyl (C=O) groups is 2. The number of hydrogen-bond acceptors (Lipinski definition) is 2. The Hall–Kier alpha value is -1.11. The van der Waals surface area contributed by atoms with Crippen molar-refractivity contribution < 1.29 is 9.59 Å². The van der Waals surface area contributed by atoms with Crippen LogP contribution < -0.4 is 4.90 Å². The fraction of sp³-hybridized carbons (Fsp3) is 0.200. The lowest BCUT2D eigenvalue weighted by molar-refractivity contribution is -0.116. The summed E-state index contributed by atoms with van der Waals surface area (Å²) in [5, 5.41) is 0. The Kier molecular flexibility index (Phi) is 2.64. The van der Waals surface area contributed by atoms with E-state index in [0.29, 0.717) is 5.69 Å². The molecule has 0 unspecified atom stereocenters. The van der Waals surface area contributed by atoms with Crippen LogP contribution in [0, 0.1) is 6.92 Å². The molecule has 1 saturated heterocycles. The highest BCUT2D eigenvalue weighted by atomic mass is 127. The summed E-state index contributed by atoms with van der Waals surface area (Å²) in [6.45, 7) is 2.11. The van der Waals surface area contributed by atoms with Gasteiger partial charge in [-0.15, -0.1) is 0 Å². The molecule has 4 nitrogen and oxygen atoms in total. The minimum Gasteiger partial charge on any atom is -0.272 e. The van der Waals surface area contributed by atoms with Crippen LogP contribution in [0.2, 0.25) is 0 Å². The van der Waals surface area contributed by atoms with Crippen LogP contribution in [-0.2, 0) is 4.79 Å². The molecule has 0 radical (unpaired) electrons. The summed E-state index contributed by atoms with van der Waals surface area (Å²) >= 11 is 1.84. The molecule has 0 aliphatic carbocycles. The number of nitrogens with zero attached hydrogens (tertiary/aromatic N) is 2. The van der Waals surface area contributed by atoms with Crippen molar-refractivity contribution in [3.05, 3.63) is 29.8 Å². The molecule has 1 aliphatic heterocycles. The van der Waals surface area contributed by atoms with E-state index in [4.69, 9.17) is 0 Å². The second kappa shape index (κ2) is 3.80. The van der Waals surface area contributed by atoms with Crippen LogP contribution in [0.5, 0.6) is 0 Å². The van der Waals surface area contributed by atoms with E-state index in [1.54, 1.807) is 12.1 Å². The van der Waals surface area contributed by atoms with E-state index < -0.39 is 0 Å². The number of aryl methyl sites for hydroxylation is 1. The van der Waals surface area contributed by atoms with E-state index >= 15 is 0 Å². The first kappa shape index (κ1) is 10.4. The standard InChI is InChI=1S/C10H9IN2O2/c1-7-2-4-8(5-3-7)13-9(14)6-12(11)10(13)15/h2-5H,6H2,1H3. The zero-order valence-corrected chi connectivity index (χ0v) is 10.3. The first-order valence-corrected chi connectivity index (χ1v) is 5.43. The number of rotatable bonds is 1. The van der Waals surface area contributed by atoms with Crippen LogP contribution in [-0.4, -0.2) is 21.6 Å². The van der Waals surface area contributed by atoms with Crippen LogP contribution in [0.4, 0.5) is 10.5 Å². The largest absolute Gasteiger partial charge is 0.340 e. The lowest BCUT2D eigenvalue weighted by Gasteiger charge is -2.13. The summed E-state index contributed by atoms with van der Waals surface area (Å²) in [5.41, 5.74) is 1.74.